The third-order valence-electron chi connectivity index (χ3n) is 5.45. The zero-order valence-corrected chi connectivity index (χ0v) is 19.3. The molecule has 0 saturated heterocycles. The average Bonchev–Trinajstić information content (AvgIpc) is 2.84. The molecule has 0 aliphatic heterocycles. The molecule has 0 spiro atoms. The van der Waals surface area contributed by atoms with E-state index in [1.165, 1.54) is 0 Å². The van der Waals surface area contributed by atoms with Crippen LogP contribution in [-0.2, 0) is 5.92 Å². The molecule has 0 aromatic heterocycles. The van der Waals surface area contributed by atoms with Crippen LogP contribution in [0.5, 0.6) is 0 Å². The highest BCUT2D eigenvalue weighted by atomic mass is 31.1. The van der Waals surface area contributed by atoms with Crippen molar-refractivity contribution in [2.75, 3.05) is 0 Å². The molecule has 14 heteroatoms. The number of halogens is 13. The van der Waals surface area contributed by atoms with Crippen LogP contribution in [0.2, 0.25) is 0 Å². The van der Waals surface area contributed by atoms with Gasteiger partial charge in [0.15, 0.2) is 0 Å². The fourth-order valence-electron chi connectivity index (χ4n) is 3.37. The zero-order chi connectivity index (χ0) is 28.8. The Kier molecular flexibility index (Phi) is 7.61. The van der Waals surface area contributed by atoms with E-state index < -0.39 is 49.3 Å². The first kappa shape index (κ1) is 29.7. The average molecular weight is 580 g/mol. The summed E-state index contributed by atoms with van der Waals surface area (Å²) in [4.78, 5) is 0. The van der Waals surface area contributed by atoms with Gasteiger partial charge in [0.2, 0.25) is 0 Å². The summed E-state index contributed by atoms with van der Waals surface area (Å²) in [6.07, 6.45) is -7.45. The van der Waals surface area contributed by atoms with Crippen molar-refractivity contribution in [2.24, 2.45) is 0 Å². The van der Waals surface area contributed by atoms with Crippen LogP contribution in [0.1, 0.15) is 5.56 Å². The molecule has 0 bridgehead atoms. The van der Waals surface area contributed by atoms with Gasteiger partial charge in [0.1, 0.15) is 0 Å². The highest BCUT2D eigenvalue weighted by Gasteiger charge is 2.90. The smallest absolute Gasteiger partial charge is 0.194 e. The van der Waals surface area contributed by atoms with Gasteiger partial charge in [-0.2, -0.15) is 57.1 Å². The van der Waals surface area contributed by atoms with Gasteiger partial charge in [-0.25, -0.2) is 0 Å². The Balaban J connectivity index is 2.05. The third kappa shape index (κ3) is 4.63. The van der Waals surface area contributed by atoms with Crippen LogP contribution in [0.3, 0.4) is 0 Å². The van der Waals surface area contributed by atoms with Crippen molar-refractivity contribution in [2.45, 2.75) is 35.8 Å². The molecule has 206 valence electrons. The highest BCUT2D eigenvalue weighted by Crippen LogP contribution is 2.62. The summed E-state index contributed by atoms with van der Waals surface area (Å²) in [5.41, 5.74) is -2.01. The molecule has 0 unspecified atom stereocenters. The van der Waals surface area contributed by atoms with Crippen LogP contribution in [0.4, 0.5) is 57.1 Å². The molecule has 0 radical (unpaired) electrons. The molecular formula is C24H14F13P. The first-order valence-electron chi connectivity index (χ1n) is 10.3. The number of rotatable bonds is 8. The van der Waals surface area contributed by atoms with Gasteiger partial charge in [0.05, 0.1) is 0 Å². The Morgan fingerprint density at radius 1 is 0.368 bits per heavy atom. The second kappa shape index (κ2) is 9.73. The van der Waals surface area contributed by atoms with Crippen molar-refractivity contribution < 1.29 is 57.1 Å². The highest BCUT2D eigenvalue weighted by molar-refractivity contribution is 7.79. The second-order valence-corrected chi connectivity index (χ2v) is 10.1. The summed E-state index contributed by atoms with van der Waals surface area (Å²) >= 11 is 0. The summed E-state index contributed by atoms with van der Waals surface area (Å²) < 4.78 is 175. The predicted molar refractivity (Wildman–Crippen MR) is 115 cm³/mol. The number of hydrogen-bond acceptors (Lipinski definition) is 0. The van der Waals surface area contributed by atoms with Gasteiger partial charge in [-0.1, -0.05) is 84.9 Å². The molecular weight excluding hydrogens is 566 g/mol. The lowest BCUT2D eigenvalue weighted by molar-refractivity contribution is -0.441. The van der Waals surface area contributed by atoms with Crippen molar-refractivity contribution in [1.29, 1.82) is 0 Å². The summed E-state index contributed by atoms with van der Waals surface area (Å²) in [6, 6.07) is 18.6. The van der Waals surface area contributed by atoms with E-state index in [9.17, 15) is 57.1 Å². The number of benzene rings is 3. The topological polar surface area (TPSA) is 0 Å². The van der Waals surface area contributed by atoms with Crippen molar-refractivity contribution in [3.05, 3.63) is 90.5 Å². The maximum Gasteiger partial charge on any atom is 0.460 e. The van der Waals surface area contributed by atoms with Gasteiger partial charge in [-0.05, 0) is 23.8 Å². The van der Waals surface area contributed by atoms with Crippen molar-refractivity contribution >= 4 is 23.8 Å². The SMILES string of the molecule is FC(F)(F)C(F)(F)C(F)(F)C(F)(F)C(F)(F)C(F)(F)c1ccc(P(c2ccccc2)c2ccccc2)cc1. The maximum atomic E-state index is 14.5. The van der Waals surface area contributed by atoms with E-state index in [1.54, 1.807) is 60.7 Å². The molecule has 0 heterocycles. The van der Waals surface area contributed by atoms with Gasteiger partial charge in [-0.3, -0.25) is 0 Å². The molecule has 0 atom stereocenters. The van der Waals surface area contributed by atoms with Crippen molar-refractivity contribution in [1.82, 2.24) is 0 Å². The van der Waals surface area contributed by atoms with E-state index in [0.717, 1.165) is 12.1 Å². The Bertz CT molecular complexity index is 1180. The Hall–Kier alpha value is -2.82. The molecule has 38 heavy (non-hydrogen) atoms. The standard InChI is InChI=1S/C24H14F13P/c25-19(26,20(27,28)21(29,30)22(31,32)23(33,34)24(35,36)37)15-11-13-18(14-12-15)38(16-7-3-1-4-8-16)17-9-5-2-6-10-17/h1-14H. The summed E-state index contributed by atoms with van der Waals surface area (Å²) in [7, 11) is -1.52. The predicted octanol–water partition coefficient (Wildman–Crippen LogP) is 7.64. The van der Waals surface area contributed by atoms with Crippen LogP contribution in [0.15, 0.2) is 84.9 Å². The summed E-state index contributed by atoms with van der Waals surface area (Å²) in [6.45, 7) is 0. The second-order valence-electron chi connectivity index (χ2n) is 7.92. The fourth-order valence-corrected chi connectivity index (χ4v) is 5.65. The molecule has 0 saturated carbocycles. The number of alkyl halides is 13. The van der Waals surface area contributed by atoms with Crippen LogP contribution >= 0.6 is 7.92 Å². The van der Waals surface area contributed by atoms with Crippen molar-refractivity contribution in [3.63, 3.8) is 0 Å². The first-order valence-corrected chi connectivity index (χ1v) is 11.6. The lowest BCUT2D eigenvalue weighted by Gasteiger charge is -2.39. The molecule has 0 amide bonds. The van der Waals surface area contributed by atoms with E-state index in [-0.39, 0.29) is 17.4 Å². The minimum atomic E-state index is -7.93. The number of hydrogen-bond donors (Lipinski definition) is 0. The Labute approximate surface area is 207 Å². The normalized spacial score (nSPS) is 14.2. The molecule has 0 aliphatic carbocycles. The third-order valence-corrected chi connectivity index (χ3v) is 7.89. The Morgan fingerprint density at radius 3 is 1.08 bits per heavy atom. The summed E-state index contributed by atoms with van der Waals surface area (Å²) in [5, 5.41) is 1.53. The molecule has 0 N–H and O–H groups in total. The largest absolute Gasteiger partial charge is 0.460 e. The zero-order valence-electron chi connectivity index (χ0n) is 18.4. The minimum absolute atomic E-state index is 0.195. The van der Waals surface area contributed by atoms with Gasteiger partial charge in [0, 0.05) is 5.56 Å². The van der Waals surface area contributed by atoms with E-state index in [0.29, 0.717) is 10.6 Å². The minimum Gasteiger partial charge on any atom is -0.194 e. The summed E-state index contributed by atoms with van der Waals surface area (Å²) in [5.74, 6) is -37.2. The van der Waals surface area contributed by atoms with Crippen molar-refractivity contribution in [3.8, 4) is 0 Å². The monoisotopic (exact) mass is 580 g/mol. The molecule has 0 nitrogen and oxygen atoms in total. The van der Waals surface area contributed by atoms with E-state index in [2.05, 4.69) is 0 Å². The van der Waals surface area contributed by atoms with Crippen LogP contribution in [0.25, 0.3) is 0 Å². The lowest BCUT2D eigenvalue weighted by Crippen LogP contribution is -2.69. The quantitative estimate of drug-likeness (QED) is 0.190. The van der Waals surface area contributed by atoms with E-state index >= 15 is 0 Å². The first-order chi connectivity index (χ1) is 17.3. The maximum absolute atomic E-state index is 14.5. The fraction of sp³-hybridized carbons (Fsp3) is 0.250. The molecule has 3 rings (SSSR count). The van der Waals surface area contributed by atoms with Crippen LogP contribution in [0, 0.1) is 0 Å². The lowest BCUT2D eigenvalue weighted by atomic mass is 9.90. The van der Waals surface area contributed by atoms with Gasteiger partial charge in [0.25, 0.3) is 0 Å². The Morgan fingerprint density at radius 2 is 0.711 bits per heavy atom. The molecule has 3 aromatic rings. The van der Waals surface area contributed by atoms with Gasteiger partial charge in [-0.15, -0.1) is 0 Å². The molecule has 0 fully saturated rings. The van der Waals surface area contributed by atoms with Gasteiger partial charge >= 0.3 is 35.8 Å². The van der Waals surface area contributed by atoms with Crippen LogP contribution < -0.4 is 15.9 Å². The molecule has 0 aliphatic rings. The molecule has 3 aromatic carbocycles. The van der Waals surface area contributed by atoms with Gasteiger partial charge < -0.3 is 0 Å². The van der Waals surface area contributed by atoms with E-state index in [1.807, 2.05) is 0 Å². The van der Waals surface area contributed by atoms with Crippen LogP contribution in [-0.4, -0.2) is 29.9 Å². The van der Waals surface area contributed by atoms with E-state index in [4.69, 9.17) is 0 Å².